The summed E-state index contributed by atoms with van der Waals surface area (Å²) in [7, 11) is 0. The van der Waals surface area contributed by atoms with Gasteiger partial charge in [0, 0.05) is 12.1 Å². The third-order valence-corrected chi connectivity index (χ3v) is 2.92. The van der Waals surface area contributed by atoms with Gasteiger partial charge in [-0.15, -0.1) is 0 Å². The maximum Gasteiger partial charge on any atom is 0.224 e. The lowest BCUT2D eigenvalue weighted by atomic mass is 9.97. The fourth-order valence-electron chi connectivity index (χ4n) is 1.91. The Labute approximate surface area is 108 Å². The van der Waals surface area contributed by atoms with Gasteiger partial charge in [0.1, 0.15) is 0 Å². The van der Waals surface area contributed by atoms with Gasteiger partial charge in [-0.25, -0.2) is 0 Å². The first-order valence-corrected chi connectivity index (χ1v) is 6.15. The molecule has 0 radical (unpaired) electrons. The molecule has 92 valence electrons. The smallest absolute Gasteiger partial charge is 0.224 e. The van der Waals surface area contributed by atoms with Gasteiger partial charge in [-0.2, -0.15) is 0 Å². The number of hydrogen-bond donors (Lipinski definition) is 1. The molecule has 18 heavy (non-hydrogen) atoms. The topological polar surface area (TPSA) is 29.1 Å². The van der Waals surface area contributed by atoms with Crippen molar-refractivity contribution in [2.75, 3.05) is 5.32 Å². The monoisotopic (exact) mass is 239 g/mol. The molecule has 2 rings (SSSR count). The lowest BCUT2D eigenvalue weighted by molar-refractivity contribution is -0.116. The van der Waals surface area contributed by atoms with Crippen LogP contribution >= 0.6 is 0 Å². The second-order valence-electron chi connectivity index (χ2n) is 4.43. The van der Waals surface area contributed by atoms with Crippen LogP contribution in [0.25, 0.3) is 0 Å². The number of amides is 1. The Morgan fingerprint density at radius 3 is 2.17 bits per heavy atom. The van der Waals surface area contributed by atoms with Crippen LogP contribution in [0.4, 0.5) is 5.69 Å². The molecule has 1 atom stereocenters. The average Bonchev–Trinajstić information content (AvgIpc) is 2.40. The predicted molar refractivity (Wildman–Crippen MR) is 74.5 cm³/mol. The summed E-state index contributed by atoms with van der Waals surface area (Å²) in [5.41, 5.74) is 2.04. The summed E-state index contributed by atoms with van der Waals surface area (Å²) in [4.78, 5) is 11.9. The Morgan fingerprint density at radius 2 is 1.56 bits per heavy atom. The Morgan fingerprint density at radius 1 is 1.00 bits per heavy atom. The van der Waals surface area contributed by atoms with E-state index in [4.69, 9.17) is 0 Å². The van der Waals surface area contributed by atoms with Crippen molar-refractivity contribution in [3.05, 3.63) is 66.2 Å². The van der Waals surface area contributed by atoms with Crippen molar-refractivity contribution < 1.29 is 4.79 Å². The molecule has 0 saturated carbocycles. The molecule has 0 aliphatic carbocycles. The van der Waals surface area contributed by atoms with E-state index < -0.39 is 0 Å². The van der Waals surface area contributed by atoms with Gasteiger partial charge in [0.15, 0.2) is 0 Å². The van der Waals surface area contributed by atoms with E-state index in [2.05, 4.69) is 24.4 Å². The standard InChI is InChI=1S/C16H17NO/c1-13(14-8-4-2-5-9-14)12-16(18)17-15-10-6-3-7-11-15/h2-11,13H,12H2,1H3,(H,17,18)/t13-/m1/s1. The largest absolute Gasteiger partial charge is 0.326 e. The highest BCUT2D eigenvalue weighted by Gasteiger charge is 2.10. The molecule has 0 fully saturated rings. The minimum atomic E-state index is 0.0533. The Hall–Kier alpha value is -2.09. The van der Waals surface area contributed by atoms with E-state index in [-0.39, 0.29) is 11.8 Å². The summed E-state index contributed by atoms with van der Waals surface area (Å²) >= 11 is 0. The first-order chi connectivity index (χ1) is 8.75. The van der Waals surface area contributed by atoms with Crippen LogP contribution in [0.5, 0.6) is 0 Å². The second-order valence-corrected chi connectivity index (χ2v) is 4.43. The number of carbonyl (C=O) groups is 1. The first kappa shape index (κ1) is 12.4. The number of nitrogens with one attached hydrogen (secondary N) is 1. The van der Waals surface area contributed by atoms with E-state index in [0.717, 1.165) is 5.69 Å². The van der Waals surface area contributed by atoms with Crippen LogP contribution in [-0.4, -0.2) is 5.91 Å². The van der Waals surface area contributed by atoms with E-state index in [1.54, 1.807) is 0 Å². The van der Waals surface area contributed by atoms with Crippen LogP contribution in [0.2, 0.25) is 0 Å². The molecule has 1 amide bonds. The Kier molecular flexibility index (Phi) is 4.13. The van der Waals surface area contributed by atoms with Crippen LogP contribution in [-0.2, 0) is 4.79 Å². The van der Waals surface area contributed by atoms with Gasteiger partial charge < -0.3 is 5.32 Å². The zero-order chi connectivity index (χ0) is 12.8. The first-order valence-electron chi connectivity index (χ1n) is 6.15. The van der Waals surface area contributed by atoms with Crippen LogP contribution < -0.4 is 5.32 Å². The highest BCUT2D eigenvalue weighted by Crippen LogP contribution is 2.19. The van der Waals surface area contributed by atoms with Crippen molar-refractivity contribution >= 4 is 11.6 Å². The summed E-state index contributed by atoms with van der Waals surface area (Å²) in [6, 6.07) is 19.6. The van der Waals surface area contributed by atoms with Gasteiger partial charge in [0.25, 0.3) is 0 Å². The third kappa shape index (κ3) is 3.45. The van der Waals surface area contributed by atoms with Gasteiger partial charge in [-0.05, 0) is 23.6 Å². The third-order valence-electron chi connectivity index (χ3n) is 2.92. The fourth-order valence-corrected chi connectivity index (χ4v) is 1.91. The molecule has 2 heteroatoms. The molecule has 0 unspecified atom stereocenters. The lowest BCUT2D eigenvalue weighted by Crippen LogP contribution is -2.14. The summed E-state index contributed by atoms with van der Waals surface area (Å²) in [6.07, 6.45) is 0.499. The molecule has 2 aromatic rings. The van der Waals surface area contributed by atoms with Gasteiger partial charge in [-0.3, -0.25) is 4.79 Å². The molecule has 0 aliphatic rings. The SMILES string of the molecule is C[C@H](CC(=O)Nc1ccccc1)c1ccccc1. The van der Waals surface area contributed by atoms with Gasteiger partial charge >= 0.3 is 0 Å². The van der Waals surface area contributed by atoms with Crippen LogP contribution in [0.3, 0.4) is 0 Å². The maximum absolute atomic E-state index is 11.9. The molecule has 0 spiro atoms. The molecular weight excluding hydrogens is 222 g/mol. The molecule has 0 saturated heterocycles. The highest BCUT2D eigenvalue weighted by atomic mass is 16.1. The number of para-hydroxylation sites is 1. The van der Waals surface area contributed by atoms with Crippen molar-refractivity contribution in [2.45, 2.75) is 19.3 Å². The summed E-state index contributed by atoms with van der Waals surface area (Å²) < 4.78 is 0. The number of hydrogen-bond acceptors (Lipinski definition) is 1. The van der Waals surface area contributed by atoms with Crippen LogP contribution in [0.1, 0.15) is 24.8 Å². The van der Waals surface area contributed by atoms with Gasteiger partial charge in [-0.1, -0.05) is 55.5 Å². The summed E-state index contributed by atoms with van der Waals surface area (Å²) in [6.45, 7) is 2.07. The van der Waals surface area contributed by atoms with Crippen molar-refractivity contribution in [2.24, 2.45) is 0 Å². The zero-order valence-electron chi connectivity index (χ0n) is 10.5. The van der Waals surface area contributed by atoms with E-state index in [9.17, 15) is 4.79 Å². The molecule has 2 aromatic carbocycles. The van der Waals surface area contributed by atoms with Crippen molar-refractivity contribution in [1.82, 2.24) is 0 Å². The minimum Gasteiger partial charge on any atom is -0.326 e. The summed E-state index contributed by atoms with van der Waals surface area (Å²) in [5.74, 6) is 0.285. The fraction of sp³-hybridized carbons (Fsp3) is 0.188. The number of benzene rings is 2. The average molecular weight is 239 g/mol. The van der Waals surface area contributed by atoms with Crippen molar-refractivity contribution in [3.63, 3.8) is 0 Å². The normalized spacial score (nSPS) is 11.8. The Balaban J connectivity index is 1.92. The van der Waals surface area contributed by atoms with Gasteiger partial charge in [0.2, 0.25) is 5.91 Å². The molecule has 0 aromatic heterocycles. The van der Waals surface area contributed by atoms with E-state index in [0.29, 0.717) is 6.42 Å². The van der Waals surface area contributed by atoms with Gasteiger partial charge in [0.05, 0.1) is 0 Å². The van der Waals surface area contributed by atoms with Crippen LogP contribution in [0, 0.1) is 0 Å². The molecular formula is C16H17NO. The van der Waals surface area contributed by atoms with E-state index in [1.807, 2.05) is 48.5 Å². The molecule has 2 nitrogen and oxygen atoms in total. The molecule has 0 aliphatic heterocycles. The molecule has 0 heterocycles. The van der Waals surface area contributed by atoms with E-state index in [1.165, 1.54) is 5.56 Å². The maximum atomic E-state index is 11.9. The number of rotatable bonds is 4. The van der Waals surface area contributed by atoms with E-state index >= 15 is 0 Å². The molecule has 1 N–H and O–H groups in total. The highest BCUT2D eigenvalue weighted by molar-refractivity contribution is 5.91. The zero-order valence-corrected chi connectivity index (χ0v) is 10.5. The van der Waals surface area contributed by atoms with Crippen LogP contribution in [0.15, 0.2) is 60.7 Å². The minimum absolute atomic E-state index is 0.0533. The van der Waals surface area contributed by atoms with Crippen molar-refractivity contribution in [1.29, 1.82) is 0 Å². The second kappa shape index (κ2) is 6.01. The number of carbonyl (C=O) groups excluding carboxylic acids is 1. The number of anilines is 1. The Bertz CT molecular complexity index is 493. The van der Waals surface area contributed by atoms with Crippen molar-refractivity contribution in [3.8, 4) is 0 Å². The predicted octanol–water partition coefficient (Wildman–Crippen LogP) is 3.82. The molecule has 0 bridgehead atoms. The summed E-state index contributed by atoms with van der Waals surface area (Å²) in [5, 5.41) is 2.90. The lowest BCUT2D eigenvalue weighted by Gasteiger charge is -2.11. The quantitative estimate of drug-likeness (QED) is 0.863.